The van der Waals surface area contributed by atoms with E-state index in [-0.39, 0.29) is 0 Å². The lowest BCUT2D eigenvalue weighted by molar-refractivity contribution is 0.555. The summed E-state index contributed by atoms with van der Waals surface area (Å²) in [6.07, 6.45) is 1.19. The van der Waals surface area contributed by atoms with Gasteiger partial charge in [-0.25, -0.2) is 4.68 Å². The van der Waals surface area contributed by atoms with Gasteiger partial charge in [0.2, 0.25) is 5.16 Å². The first-order valence-electron chi connectivity index (χ1n) is 4.87. The standard InChI is InChI=1S/C8H17N5S/c1-3-7(2)6-14-8-10-11-12-13(8)5-4-9/h7H,3-6,9H2,1-2H3. The van der Waals surface area contributed by atoms with Crippen LogP contribution in [0.2, 0.25) is 0 Å². The van der Waals surface area contributed by atoms with Crippen molar-refractivity contribution in [2.45, 2.75) is 32.0 Å². The number of hydrogen-bond donors (Lipinski definition) is 1. The largest absolute Gasteiger partial charge is 0.329 e. The highest BCUT2D eigenvalue weighted by atomic mass is 32.2. The maximum atomic E-state index is 5.45. The number of thioether (sulfide) groups is 1. The van der Waals surface area contributed by atoms with Gasteiger partial charge >= 0.3 is 0 Å². The van der Waals surface area contributed by atoms with Crippen LogP contribution in [0.5, 0.6) is 0 Å². The molecule has 1 rings (SSSR count). The van der Waals surface area contributed by atoms with E-state index in [0.29, 0.717) is 19.0 Å². The summed E-state index contributed by atoms with van der Waals surface area (Å²) in [5.74, 6) is 1.75. The molecule has 0 aliphatic rings. The highest BCUT2D eigenvalue weighted by Crippen LogP contribution is 2.18. The fraction of sp³-hybridized carbons (Fsp3) is 0.875. The molecule has 14 heavy (non-hydrogen) atoms. The van der Waals surface area contributed by atoms with Gasteiger partial charge in [0.25, 0.3) is 0 Å². The first-order chi connectivity index (χ1) is 6.77. The van der Waals surface area contributed by atoms with E-state index in [0.717, 1.165) is 10.9 Å². The number of nitrogens with zero attached hydrogens (tertiary/aromatic N) is 4. The minimum Gasteiger partial charge on any atom is -0.329 e. The molecular formula is C8H17N5S. The van der Waals surface area contributed by atoms with Crippen molar-refractivity contribution >= 4 is 11.8 Å². The lowest BCUT2D eigenvalue weighted by atomic mass is 10.2. The first-order valence-corrected chi connectivity index (χ1v) is 5.85. The van der Waals surface area contributed by atoms with Crippen LogP contribution in [0.3, 0.4) is 0 Å². The van der Waals surface area contributed by atoms with E-state index in [1.165, 1.54) is 6.42 Å². The molecule has 80 valence electrons. The monoisotopic (exact) mass is 215 g/mol. The summed E-state index contributed by atoms with van der Waals surface area (Å²) < 4.78 is 1.76. The van der Waals surface area contributed by atoms with Gasteiger partial charge in [0.05, 0.1) is 6.54 Å². The summed E-state index contributed by atoms with van der Waals surface area (Å²) in [5.41, 5.74) is 5.45. The molecule has 0 bridgehead atoms. The number of rotatable bonds is 6. The van der Waals surface area contributed by atoms with Crippen molar-refractivity contribution in [2.75, 3.05) is 12.3 Å². The molecule has 0 aliphatic heterocycles. The van der Waals surface area contributed by atoms with Crippen LogP contribution in [0.4, 0.5) is 0 Å². The number of nitrogens with two attached hydrogens (primary N) is 1. The molecule has 2 N–H and O–H groups in total. The van der Waals surface area contributed by atoms with Crippen molar-refractivity contribution in [3.63, 3.8) is 0 Å². The van der Waals surface area contributed by atoms with Gasteiger partial charge < -0.3 is 5.73 Å². The molecule has 0 amide bonds. The lowest BCUT2D eigenvalue weighted by Gasteiger charge is -2.06. The molecule has 1 unspecified atom stereocenters. The van der Waals surface area contributed by atoms with Gasteiger partial charge in [0, 0.05) is 12.3 Å². The SMILES string of the molecule is CCC(C)CSc1nnnn1CCN. The van der Waals surface area contributed by atoms with E-state index < -0.39 is 0 Å². The molecule has 1 atom stereocenters. The molecule has 6 heteroatoms. The van der Waals surface area contributed by atoms with E-state index in [1.54, 1.807) is 16.4 Å². The number of tetrazole rings is 1. The third kappa shape index (κ3) is 3.26. The highest BCUT2D eigenvalue weighted by molar-refractivity contribution is 7.99. The predicted molar refractivity (Wildman–Crippen MR) is 57.1 cm³/mol. The Morgan fingerprint density at radius 1 is 1.57 bits per heavy atom. The van der Waals surface area contributed by atoms with Crippen LogP contribution in [0.1, 0.15) is 20.3 Å². The maximum Gasteiger partial charge on any atom is 0.209 e. The quantitative estimate of drug-likeness (QED) is 0.710. The summed E-state index contributed by atoms with van der Waals surface area (Å²) in [6, 6.07) is 0. The highest BCUT2D eigenvalue weighted by Gasteiger charge is 2.07. The average molecular weight is 215 g/mol. The molecule has 1 heterocycles. The van der Waals surface area contributed by atoms with Crippen molar-refractivity contribution in [1.29, 1.82) is 0 Å². The molecule has 1 aromatic heterocycles. The minimum absolute atomic E-state index is 0.571. The fourth-order valence-corrected chi connectivity index (χ4v) is 1.94. The van der Waals surface area contributed by atoms with Gasteiger partial charge in [-0.1, -0.05) is 32.0 Å². The number of hydrogen-bond acceptors (Lipinski definition) is 5. The topological polar surface area (TPSA) is 69.6 Å². The van der Waals surface area contributed by atoms with Crippen LogP contribution in [-0.4, -0.2) is 32.5 Å². The van der Waals surface area contributed by atoms with Gasteiger partial charge in [-0.15, -0.1) is 5.10 Å². The third-order valence-electron chi connectivity index (χ3n) is 2.03. The van der Waals surface area contributed by atoms with Gasteiger partial charge in [-0.2, -0.15) is 0 Å². The molecule has 0 radical (unpaired) electrons. The minimum atomic E-state index is 0.571. The molecular weight excluding hydrogens is 198 g/mol. The Balaban J connectivity index is 2.45. The van der Waals surface area contributed by atoms with Crippen molar-refractivity contribution < 1.29 is 0 Å². The Kier molecular flexibility index (Phi) is 4.89. The van der Waals surface area contributed by atoms with Crippen LogP contribution in [-0.2, 0) is 6.54 Å². The first kappa shape index (κ1) is 11.5. The van der Waals surface area contributed by atoms with E-state index in [1.807, 2.05) is 0 Å². The van der Waals surface area contributed by atoms with E-state index in [4.69, 9.17) is 5.73 Å². The van der Waals surface area contributed by atoms with Crippen molar-refractivity contribution in [1.82, 2.24) is 20.2 Å². The molecule has 0 aromatic carbocycles. The summed E-state index contributed by atoms with van der Waals surface area (Å²) in [5, 5.41) is 12.3. The molecule has 0 saturated heterocycles. The fourth-order valence-electron chi connectivity index (χ4n) is 0.897. The average Bonchev–Trinajstić information content (AvgIpc) is 2.62. The van der Waals surface area contributed by atoms with Crippen LogP contribution in [0, 0.1) is 5.92 Å². The summed E-state index contributed by atoms with van der Waals surface area (Å²) in [7, 11) is 0. The zero-order valence-electron chi connectivity index (χ0n) is 8.68. The second-order valence-electron chi connectivity index (χ2n) is 3.30. The molecule has 0 aliphatic carbocycles. The van der Waals surface area contributed by atoms with Crippen LogP contribution >= 0.6 is 11.8 Å². The Morgan fingerprint density at radius 3 is 3.00 bits per heavy atom. The normalized spacial score (nSPS) is 13.1. The Labute approximate surface area is 88.4 Å². The smallest absolute Gasteiger partial charge is 0.209 e. The van der Waals surface area contributed by atoms with Gasteiger partial charge in [-0.3, -0.25) is 0 Å². The van der Waals surface area contributed by atoms with Gasteiger partial charge in [0.15, 0.2) is 0 Å². The Bertz CT molecular complexity index is 262. The van der Waals surface area contributed by atoms with Crippen LogP contribution in [0.15, 0.2) is 5.16 Å². The molecule has 0 spiro atoms. The maximum absolute atomic E-state index is 5.45. The molecule has 1 aromatic rings. The van der Waals surface area contributed by atoms with Gasteiger partial charge in [-0.05, 0) is 16.3 Å². The summed E-state index contributed by atoms with van der Waals surface area (Å²) in [6.45, 7) is 5.68. The van der Waals surface area contributed by atoms with Crippen molar-refractivity contribution in [3.8, 4) is 0 Å². The summed E-state index contributed by atoms with van der Waals surface area (Å²) in [4.78, 5) is 0. The number of aromatic nitrogens is 4. The second kappa shape index (κ2) is 5.98. The Hall–Kier alpha value is -0.620. The van der Waals surface area contributed by atoms with Gasteiger partial charge in [0.1, 0.15) is 0 Å². The summed E-state index contributed by atoms with van der Waals surface area (Å²) >= 11 is 1.70. The van der Waals surface area contributed by atoms with Crippen molar-refractivity contribution in [2.24, 2.45) is 11.7 Å². The zero-order valence-corrected chi connectivity index (χ0v) is 9.50. The molecule has 0 saturated carbocycles. The molecule has 0 fully saturated rings. The second-order valence-corrected chi connectivity index (χ2v) is 4.28. The van der Waals surface area contributed by atoms with E-state index >= 15 is 0 Å². The third-order valence-corrected chi connectivity index (χ3v) is 3.32. The molecule has 5 nitrogen and oxygen atoms in total. The van der Waals surface area contributed by atoms with Crippen molar-refractivity contribution in [3.05, 3.63) is 0 Å². The lowest BCUT2D eigenvalue weighted by Crippen LogP contribution is -2.12. The van der Waals surface area contributed by atoms with Crippen LogP contribution in [0.25, 0.3) is 0 Å². The Morgan fingerprint density at radius 2 is 2.36 bits per heavy atom. The zero-order chi connectivity index (χ0) is 10.4. The van der Waals surface area contributed by atoms with E-state index in [2.05, 4.69) is 29.4 Å². The van der Waals surface area contributed by atoms with Crippen LogP contribution < -0.4 is 5.73 Å². The van der Waals surface area contributed by atoms with E-state index in [9.17, 15) is 0 Å². The predicted octanol–water partition coefficient (Wildman–Crippen LogP) is 0.770.